The molecule has 1 aromatic carbocycles. The van der Waals surface area contributed by atoms with E-state index in [1.807, 2.05) is 31.2 Å². The maximum atomic E-state index is 12.8. The summed E-state index contributed by atoms with van der Waals surface area (Å²) < 4.78 is 5.31. The quantitative estimate of drug-likeness (QED) is 0.791. The normalized spacial score (nSPS) is 17.0. The third-order valence-electron chi connectivity index (χ3n) is 4.55. The second-order valence-electron chi connectivity index (χ2n) is 7.36. The lowest BCUT2D eigenvalue weighted by atomic mass is 9.98. The number of amides is 2. The predicted molar refractivity (Wildman–Crippen MR) is 103 cm³/mol. The number of benzene rings is 1. The van der Waals surface area contributed by atoms with E-state index in [0.717, 1.165) is 5.56 Å². The van der Waals surface area contributed by atoms with Gasteiger partial charge in [0.2, 0.25) is 11.8 Å². The number of morpholine rings is 1. The van der Waals surface area contributed by atoms with Crippen LogP contribution in [0.5, 0.6) is 0 Å². The SMILES string of the molecule is CC(C)C[C@H](NC(=O)C(C)Cc1ccc(Cl)cc1)C(=O)N1CCOCC1. The zero-order valence-corrected chi connectivity index (χ0v) is 16.6. The van der Waals surface area contributed by atoms with Crippen molar-refractivity contribution in [2.75, 3.05) is 26.3 Å². The van der Waals surface area contributed by atoms with Crippen LogP contribution < -0.4 is 5.32 Å². The van der Waals surface area contributed by atoms with Crippen LogP contribution in [0, 0.1) is 11.8 Å². The van der Waals surface area contributed by atoms with Crippen molar-refractivity contribution in [2.24, 2.45) is 11.8 Å². The number of nitrogens with zero attached hydrogens (tertiary/aromatic N) is 1. The summed E-state index contributed by atoms with van der Waals surface area (Å²) >= 11 is 5.91. The minimum absolute atomic E-state index is 0.00552. The van der Waals surface area contributed by atoms with Gasteiger partial charge in [-0.1, -0.05) is 44.5 Å². The van der Waals surface area contributed by atoms with Gasteiger partial charge in [0.1, 0.15) is 6.04 Å². The minimum Gasteiger partial charge on any atom is -0.378 e. The van der Waals surface area contributed by atoms with Gasteiger partial charge in [-0.25, -0.2) is 0 Å². The molecule has 6 heteroatoms. The highest BCUT2D eigenvalue weighted by atomic mass is 35.5. The van der Waals surface area contributed by atoms with Gasteiger partial charge in [0.25, 0.3) is 0 Å². The molecule has 26 heavy (non-hydrogen) atoms. The summed E-state index contributed by atoms with van der Waals surface area (Å²) in [5.41, 5.74) is 1.05. The van der Waals surface area contributed by atoms with Crippen LogP contribution in [-0.2, 0) is 20.7 Å². The third-order valence-corrected chi connectivity index (χ3v) is 4.80. The minimum atomic E-state index is -0.478. The van der Waals surface area contributed by atoms with Crippen molar-refractivity contribution < 1.29 is 14.3 Å². The van der Waals surface area contributed by atoms with E-state index < -0.39 is 6.04 Å². The summed E-state index contributed by atoms with van der Waals surface area (Å²) in [6, 6.07) is 7.02. The third kappa shape index (κ3) is 6.29. The lowest BCUT2D eigenvalue weighted by Crippen LogP contribution is -2.53. The molecule has 5 nitrogen and oxygen atoms in total. The summed E-state index contributed by atoms with van der Waals surface area (Å²) in [6.07, 6.45) is 1.25. The molecule has 1 saturated heterocycles. The van der Waals surface area contributed by atoms with Crippen LogP contribution in [0.15, 0.2) is 24.3 Å². The number of halogens is 1. The zero-order valence-electron chi connectivity index (χ0n) is 15.8. The maximum Gasteiger partial charge on any atom is 0.245 e. The van der Waals surface area contributed by atoms with Crippen LogP contribution in [0.2, 0.25) is 5.02 Å². The van der Waals surface area contributed by atoms with Gasteiger partial charge in [-0.2, -0.15) is 0 Å². The summed E-state index contributed by atoms with van der Waals surface area (Å²) in [5, 5.41) is 3.66. The first-order chi connectivity index (χ1) is 12.4. The average Bonchev–Trinajstić information content (AvgIpc) is 2.62. The van der Waals surface area contributed by atoms with Crippen LogP contribution in [-0.4, -0.2) is 49.1 Å². The van der Waals surface area contributed by atoms with E-state index in [2.05, 4.69) is 19.2 Å². The molecule has 1 aliphatic heterocycles. The molecule has 2 rings (SSSR count). The molecule has 1 N–H and O–H groups in total. The van der Waals surface area contributed by atoms with Gasteiger partial charge >= 0.3 is 0 Å². The first-order valence-electron chi connectivity index (χ1n) is 9.28. The number of carbonyl (C=O) groups is 2. The van der Waals surface area contributed by atoms with Gasteiger partial charge < -0.3 is 15.0 Å². The van der Waals surface area contributed by atoms with Crippen molar-refractivity contribution in [1.29, 1.82) is 0 Å². The van der Waals surface area contributed by atoms with E-state index in [-0.39, 0.29) is 17.7 Å². The molecule has 1 heterocycles. The van der Waals surface area contributed by atoms with Crippen LogP contribution in [0.1, 0.15) is 32.8 Å². The van der Waals surface area contributed by atoms with Crippen molar-refractivity contribution >= 4 is 23.4 Å². The highest BCUT2D eigenvalue weighted by molar-refractivity contribution is 6.30. The molecule has 2 atom stereocenters. The fraction of sp³-hybridized carbons (Fsp3) is 0.600. The Labute approximate surface area is 161 Å². The number of hydrogen-bond acceptors (Lipinski definition) is 3. The molecule has 0 radical (unpaired) electrons. The zero-order chi connectivity index (χ0) is 19.1. The van der Waals surface area contributed by atoms with Crippen molar-refractivity contribution in [1.82, 2.24) is 10.2 Å². The van der Waals surface area contributed by atoms with Crippen LogP contribution in [0.25, 0.3) is 0 Å². The molecule has 0 bridgehead atoms. The van der Waals surface area contributed by atoms with Gasteiger partial charge in [-0.3, -0.25) is 9.59 Å². The summed E-state index contributed by atoms with van der Waals surface area (Å²) in [4.78, 5) is 27.3. The molecule has 1 aliphatic rings. The molecule has 0 aliphatic carbocycles. The monoisotopic (exact) mass is 380 g/mol. The van der Waals surface area contributed by atoms with E-state index in [0.29, 0.717) is 50.1 Å². The molecule has 0 spiro atoms. The van der Waals surface area contributed by atoms with E-state index in [1.54, 1.807) is 4.90 Å². The first kappa shape index (κ1) is 20.7. The smallest absolute Gasteiger partial charge is 0.245 e. The molecule has 1 fully saturated rings. The number of hydrogen-bond donors (Lipinski definition) is 1. The lowest BCUT2D eigenvalue weighted by molar-refractivity contribution is -0.141. The van der Waals surface area contributed by atoms with E-state index in [9.17, 15) is 9.59 Å². The first-order valence-corrected chi connectivity index (χ1v) is 9.66. The fourth-order valence-electron chi connectivity index (χ4n) is 3.08. The molecule has 1 aromatic rings. The number of ether oxygens (including phenoxy) is 1. The fourth-order valence-corrected chi connectivity index (χ4v) is 3.20. The van der Waals surface area contributed by atoms with E-state index in [4.69, 9.17) is 16.3 Å². The molecule has 144 valence electrons. The number of carbonyl (C=O) groups excluding carboxylic acids is 2. The maximum absolute atomic E-state index is 12.8. The van der Waals surface area contributed by atoms with Crippen molar-refractivity contribution in [3.05, 3.63) is 34.9 Å². The van der Waals surface area contributed by atoms with Gasteiger partial charge in [-0.05, 0) is 36.5 Å². The van der Waals surface area contributed by atoms with Gasteiger partial charge in [0.15, 0.2) is 0 Å². The second-order valence-corrected chi connectivity index (χ2v) is 7.80. The molecule has 1 unspecified atom stereocenters. The summed E-state index contributed by atoms with van der Waals surface area (Å²) in [7, 11) is 0. The van der Waals surface area contributed by atoms with Crippen molar-refractivity contribution in [3.63, 3.8) is 0 Å². The van der Waals surface area contributed by atoms with Gasteiger partial charge in [-0.15, -0.1) is 0 Å². The van der Waals surface area contributed by atoms with Crippen LogP contribution >= 0.6 is 11.6 Å². The van der Waals surface area contributed by atoms with Crippen LogP contribution in [0.4, 0.5) is 0 Å². The molecule has 0 aromatic heterocycles. The Morgan fingerprint density at radius 1 is 1.15 bits per heavy atom. The standard InChI is InChI=1S/C20H29ClN2O3/c1-14(2)12-18(20(25)23-8-10-26-11-9-23)22-19(24)15(3)13-16-4-6-17(21)7-5-16/h4-7,14-15,18H,8-13H2,1-3H3,(H,22,24)/t15?,18-/m0/s1. The van der Waals surface area contributed by atoms with Crippen LogP contribution in [0.3, 0.4) is 0 Å². The Kier molecular flexibility index (Phi) is 7.91. The molecular weight excluding hydrogens is 352 g/mol. The molecular formula is C20H29ClN2O3. The highest BCUT2D eigenvalue weighted by Crippen LogP contribution is 2.15. The predicted octanol–water partition coefficient (Wildman–Crippen LogP) is 2.91. The Balaban J connectivity index is 1.97. The topological polar surface area (TPSA) is 58.6 Å². The summed E-state index contributed by atoms with van der Waals surface area (Å²) in [6.45, 7) is 8.29. The van der Waals surface area contributed by atoms with Gasteiger partial charge in [0, 0.05) is 24.0 Å². The Bertz CT molecular complexity index is 598. The second kappa shape index (κ2) is 9.93. The van der Waals surface area contributed by atoms with Gasteiger partial charge in [0.05, 0.1) is 13.2 Å². The highest BCUT2D eigenvalue weighted by Gasteiger charge is 2.29. The lowest BCUT2D eigenvalue weighted by Gasteiger charge is -2.31. The molecule has 0 saturated carbocycles. The largest absolute Gasteiger partial charge is 0.378 e. The number of nitrogens with one attached hydrogen (secondary N) is 1. The van der Waals surface area contributed by atoms with Crippen molar-refractivity contribution in [3.8, 4) is 0 Å². The van der Waals surface area contributed by atoms with E-state index >= 15 is 0 Å². The Morgan fingerprint density at radius 2 is 1.77 bits per heavy atom. The average molecular weight is 381 g/mol. The van der Waals surface area contributed by atoms with Crippen molar-refractivity contribution in [2.45, 2.75) is 39.7 Å². The Morgan fingerprint density at radius 3 is 2.35 bits per heavy atom. The Hall–Kier alpha value is -1.59. The number of rotatable bonds is 7. The molecule has 2 amide bonds. The summed E-state index contributed by atoms with van der Waals surface area (Å²) in [5.74, 6) is 0.00133. The van der Waals surface area contributed by atoms with E-state index in [1.165, 1.54) is 0 Å².